The van der Waals surface area contributed by atoms with Crippen LogP contribution in [0, 0.1) is 0 Å². The minimum absolute atomic E-state index is 0. The fourth-order valence-corrected chi connectivity index (χ4v) is 4.71. The number of hydrogen-bond donors (Lipinski definition) is 2. The van der Waals surface area contributed by atoms with Gasteiger partial charge in [0.15, 0.2) is 5.96 Å². The van der Waals surface area contributed by atoms with E-state index in [0.29, 0.717) is 6.04 Å². The van der Waals surface area contributed by atoms with E-state index in [2.05, 4.69) is 61.2 Å². The minimum Gasteiger partial charge on any atom is -0.354 e. The number of benzene rings is 1. The molecule has 154 valence electrons. The lowest BCUT2D eigenvalue weighted by molar-refractivity contribution is 0.249. The molecular formula is C22H28IN5S. The highest BCUT2D eigenvalue weighted by atomic mass is 127. The number of pyridine rings is 1. The Labute approximate surface area is 193 Å². The summed E-state index contributed by atoms with van der Waals surface area (Å²) in [5, 5.41) is 10.4. The van der Waals surface area contributed by atoms with Gasteiger partial charge in [-0.3, -0.25) is 14.9 Å². The highest BCUT2D eigenvalue weighted by Gasteiger charge is 2.24. The number of fused-ring (bicyclic) bond motifs is 1. The van der Waals surface area contributed by atoms with E-state index in [1.807, 2.05) is 36.7 Å². The van der Waals surface area contributed by atoms with Gasteiger partial charge in [-0.1, -0.05) is 24.3 Å². The highest BCUT2D eigenvalue weighted by molar-refractivity contribution is 14.0. The van der Waals surface area contributed by atoms with Gasteiger partial charge in [0.05, 0.1) is 11.6 Å². The number of likely N-dealkylation sites (tertiary alicyclic amines) is 1. The third kappa shape index (κ3) is 5.46. The van der Waals surface area contributed by atoms with Crippen LogP contribution in [0.15, 0.2) is 59.0 Å². The first kappa shape index (κ1) is 22.0. The van der Waals surface area contributed by atoms with Crippen LogP contribution in [0.25, 0.3) is 10.9 Å². The van der Waals surface area contributed by atoms with Crippen molar-refractivity contribution < 1.29 is 0 Å². The summed E-state index contributed by atoms with van der Waals surface area (Å²) >= 11 is 1.84. The van der Waals surface area contributed by atoms with Crippen molar-refractivity contribution in [1.29, 1.82) is 0 Å². The van der Waals surface area contributed by atoms with Gasteiger partial charge < -0.3 is 10.6 Å². The van der Waals surface area contributed by atoms with E-state index in [0.717, 1.165) is 24.6 Å². The van der Waals surface area contributed by atoms with Crippen LogP contribution in [0.4, 0.5) is 0 Å². The number of para-hydroxylation sites is 1. The minimum atomic E-state index is 0. The second-order valence-electron chi connectivity index (χ2n) is 7.07. The number of aliphatic imine (C=N–C) groups is 1. The summed E-state index contributed by atoms with van der Waals surface area (Å²) in [6, 6.07) is 15.1. The predicted molar refractivity (Wildman–Crippen MR) is 133 cm³/mol. The molecule has 1 unspecified atom stereocenters. The third-order valence-corrected chi connectivity index (χ3v) is 6.30. The lowest BCUT2D eigenvalue weighted by Gasteiger charge is -2.27. The first-order valence-electron chi connectivity index (χ1n) is 9.90. The van der Waals surface area contributed by atoms with Crippen molar-refractivity contribution in [3.05, 3.63) is 64.5 Å². The molecule has 7 heteroatoms. The molecule has 1 aliphatic heterocycles. The average molecular weight is 521 g/mol. The number of hydrogen-bond acceptors (Lipinski definition) is 4. The second-order valence-corrected chi connectivity index (χ2v) is 8.05. The van der Waals surface area contributed by atoms with Gasteiger partial charge in [0.1, 0.15) is 0 Å². The first-order chi connectivity index (χ1) is 13.8. The van der Waals surface area contributed by atoms with E-state index in [9.17, 15) is 0 Å². The molecule has 1 aromatic carbocycles. The van der Waals surface area contributed by atoms with Crippen molar-refractivity contribution in [2.24, 2.45) is 4.99 Å². The summed E-state index contributed by atoms with van der Waals surface area (Å²) in [7, 11) is 1.83. The number of rotatable bonds is 6. The van der Waals surface area contributed by atoms with Gasteiger partial charge >= 0.3 is 0 Å². The molecule has 29 heavy (non-hydrogen) atoms. The SMILES string of the molecule is CN=C(NCc1ccnc2ccccc12)NCC(c1cccs1)N1CCCC1.I. The van der Waals surface area contributed by atoms with Crippen LogP contribution in [0.2, 0.25) is 0 Å². The monoisotopic (exact) mass is 521 g/mol. The second kappa shape index (κ2) is 10.9. The van der Waals surface area contributed by atoms with E-state index >= 15 is 0 Å². The number of aromatic nitrogens is 1. The quantitative estimate of drug-likeness (QED) is 0.287. The van der Waals surface area contributed by atoms with Crippen LogP contribution in [0.3, 0.4) is 0 Å². The molecular weight excluding hydrogens is 493 g/mol. The summed E-state index contributed by atoms with van der Waals surface area (Å²) < 4.78 is 0. The van der Waals surface area contributed by atoms with Crippen molar-refractivity contribution in [3.8, 4) is 0 Å². The Kier molecular flexibility index (Phi) is 8.26. The van der Waals surface area contributed by atoms with Crippen LogP contribution in [0.5, 0.6) is 0 Å². The van der Waals surface area contributed by atoms with Gasteiger partial charge in [-0.05, 0) is 55.1 Å². The summed E-state index contributed by atoms with van der Waals surface area (Å²) in [5.41, 5.74) is 2.25. The number of guanidine groups is 1. The fourth-order valence-electron chi connectivity index (χ4n) is 3.85. The molecule has 0 saturated carbocycles. The Morgan fingerprint density at radius 1 is 1.14 bits per heavy atom. The van der Waals surface area contributed by atoms with E-state index < -0.39 is 0 Å². The smallest absolute Gasteiger partial charge is 0.191 e. The van der Waals surface area contributed by atoms with Gasteiger partial charge in [-0.15, -0.1) is 35.3 Å². The number of nitrogens with one attached hydrogen (secondary N) is 2. The molecule has 1 atom stereocenters. The van der Waals surface area contributed by atoms with E-state index in [4.69, 9.17) is 0 Å². The molecule has 1 aliphatic rings. The number of thiophene rings is 1. The molecule has 4 rings (SSSR count). The maximum Gasteiger partial charge on any atom is 0.191 e. The van der Waals surface area contributed by atoms with Crippen LogP contribution in [-0.2, 0) is 6.54 Å². The summed E-state index contributed by atoms with van der Waals surface area (Å²) in [6.07, 6.45) is 4.46. The van der Waals surface area contributed by atoms with E-state index in [1.54, 1.807) is 0 Å². The lowest BCUT2D eigenvalue weighted by Crippen LogP contribution is -2.42. The molecule has 3 aromatic rings. The Balaban J connectivity index is 0.00000240. The molecule has 2 N–H and O–H groups in total. The molecule has 3 heterocycles. The molecule has 0 radical (unpaired) electrons. The molecule has 1 fully saturated rings. The van der Waals surface area contributed by atoms with Crippen molar-refractivity contribution in [2.75, 3.05) is 26.7 Å². The Bertz CT molecular complexity index is 917. The Hall–Kier alpha value is -1.71. The van der Waals surface area contributed by atoms with Gasteiger partial charge in [-0.25, -0.2) is 0 Å². The summed E-state index contributed by atoms with van der Waals surface area (Å²) in [6.45, 7) is 3.94. The molecule has 2 aromatic heterocycles. The largest absolute Gasteiger partial charge is 0.354 e. The average Bonchev–Trinajstić information content (AvgIpc) is 3.45. The number of nitrogens with zero attached hydrogens (tertiary/aromatic N) is 3. The normalized spacial score (nSPS) is 15.8. The van der Waals surface area contributed by atoms with Crippen LogP contribution in [0.1, 0.15) is 29.3 Å². The van der Waals surface area contributed by atoms with Crippen LogP contribution in [-0.4, -0.2) is 42.5 Å². The lowest BCUT2D eigenvalue weighted by atomic mass is 10.1. The zero-order valence-corrected chi connectivity index (χ0v) is 19.8. The predicted octanol–water partition coefficient (Wildman–Crippen LogP) is 4.42. The van der Waals surface area contributed by atoms with Crippen molar-refractivity contribution in [2.45, 2.75) is 25.4 Å². The van der Waals surface area contributed by atoms with Gasteiger partial charge in [0.2, 0.25) is 0 Å². The maximum absolute atomic E-state index is 4.44. The van der Waals surface area contributed by atoms with E-state index in [-0.39, 0.29) is 24.0 Å². The molecule has 1 saturated heterocycles. The molecule has 0 amide bonds. The molecule has 5 nitrogen and oxygen atoms in total. The first-order valence-corrected chi connectivity index (χ1v) is 10.8. The van der Waals surface area contributed by atoms with Crippen molar-refractivity contribution in [3.63, 3.8) is 0 Å². The fraction of sp³-hybridized carbons (Fsp3) is 0.364. The molecule has 0 aliphatic carbocycles. The number of halogens is 1. The Morgan fingerprint density at radius 2 is 1.97 bits per heavy atom. The molecule has 0 bridgehead atoms. The topological polar surface area (TPSA) is 52.6 Å². The zero-order valence-electron chi connectivity index (χ0n) is 16.7. The van der Waals surface area contributed by atoms with E-state index in [1.165, 1.54) is 41.8 Å². The van der Waals surface area contributed by atoms with Crippen molar-refractivity contribution in [1.82, 2.24) is 20.5 Å². The van der Waals surface area contributed by atoms with Crippen LogP contribution >= 0.6 is 35.3 Å². The summed E-state index contributed by atoms with van der Waals surface area (Å²) in [4.78, 5) is 12.9. The van der Waals surface area contributed by atoms with Gasteiger partial charge in [-0.2, -0.15) is 0 Å². The third-order valence-electron chi connectivity index (χ3n) is 5.33. The van der Waals surface area contributed by atoms with Gasteiger partial charge in [0.25, 0.3) is 0 Å². The standard InChI is InChI=1S/C22H27N5S.HI/c1-23-22(25-15-17-10-11-24-19-8-3-2-7-18(17)19)26-16-20(21-9-6-14-28-21)27-12-4-5-13-27;/h2-3,6-11,14,20H,4-5,12-13,15-16H2,1H3,(H2,23,25,26);1H. The maximum atomic E-state index is 4.44. The Morgan fingerprint density at radius 3 is 2.72 bits per heavy atom. The summed E-state index contributed by atoms with van der Waals surface area (Å²) in [5.74, 6) is 0.835. The highest BCUT2D eigenvalue weighted by Crippen LogP contribution is 2.27. The zero-order chi connectivity index (χ0) is 19.2. The molecule has 0 spiro atoms. The van der Waals surface area contributed by atoms with Crippen molar-refractivity contribution >= 4 is 52.2 Å². The van der Waals surface area contributed by atoms with Crippen LogP contribution < -0.4 is 10.6 Å². The van der Waals surface area contributed by atoms with Gasteiger partial charge in [0, 0.05) is 36.6 Å².